The maximum atomic E-state index is 13.1. The number of aldehydes is 1. The predicted molar refractivity (Wildman–Crippen MR) is 57.8 cm³/mol. The molecule has 1 aromatic rings. The van der Waals surface area contributed by atoms with Crippen LogP contribution in [0.4, 0.5) is 8.78 Å². The summed E-state index contributed by atoms with van der Waals surface area (Å²) in [5.41, 5.74) is 0.780. The number of halogens is 2. The van der Waals surface area contributed by atoms with E-state index in [1.165, 1.54) is 12.1 Å². The molecular formula is C12H12F2O2. The molecule has 0 radical (unpaired) electrons. The van der Waals surface area contributed by atoms with E-state index in [1.54, 1.807) is 0 Å². The van der Waals surface area contributed by atoms with Gasteiger partial charge in [-0.25, -0.2) is 8.78 Å². The molecule has 1 aromatic carbocycles. The third kappa shape index (κ3) is 4.13. The van der Waals surface area contributed by atoms with Crippen LogP contribution in [0.5, 0.6) is 0 Å². The van der Waals surface area contributed by atoms with Crippen LogP contribution in [-0.2, 0) is 9.59 Å². The van der Waals surface area contributed by atoms with Gasteiger partial charge in [0.25, 0.3) is 0 Å². The molecule has 0 aliphatic carbocycles. The Bertz CT molecular complexity index is 375. The summed E-state index contributed by atoms with van der Waals surface area (Å²) < 4.78 is 25.7. The molecule has 0 aliphatic heterocycles. The second-order valence-corrected chi connectivity index (χ2v) is 2.93. The highest BCUT2D eigenvalue weighted by Crippen LogP contribution is 2.21. The van der Waals surface area contributed by atoms with Crippen LogP contribution in [0, 0.1) is 11.6 Å². The molecule has 4 heteroatoms. The zero-order chi connectivity index (χ0) is 12.6. The van der Waals surface area contributed by atoms with Gasteiger partial charge in [-0.15, -0.1) is 0 Å². The molecule has 0 bridgehead atoms. The molecule has 0 saturated carbocycles. The van der Waals surface area contributed by atoms with Crippen molar-refractivity contribution in [2.45, 2.75) is 12.8 Å². The highest BCUT2D eigenvalue weighted by molar-refractivity contribution is 5.66. The van der Waals surface area contributed by atoms with E-state index in [9.17, 15) is 13.6 Å². The maximum Gasteiger partial charge on any atom is 0.133 e. The van der Waals surface area contributed by atoms with E-state index < -0.39 is 11.6 Å². The average Bonchev–Trinajstić information content (AvgIpc) is 2.28. The van der Waals surface area contributed by atoms with Gasteiger partial charge in [-0.3, -0.25) is 0 Å². The molecule has 0 unspecified atom stereocenters. The molecule has 86 valence electrons. The minimum absolute atomic E-state index is 0.272. The van der Waals surface area contributed by atoms with Crippen molar-refractivity contribution in [3.63, 3.8) is 0 Å². The van der Waals surface area contributed by atoms with E-state index in [4.69, 9.17) is 4.79 Å². The number of carbonyl (C=O) groups excluding carboxylic acids is 2. The molecule has 0 heterocycles. The van der Waals surface area contributed by atoms with Crippen LogP contribution in [0.15, 0.2) is 24.8 Å². The zero-order valence-electron chi connectivity index (χ0n) is 8.71. The molecule has 0 aromatic heterocycles. The molecular weight excluding hydrogens is 214 g/mol. The Morgan fingerprint density at radius 3 is 2.44 bits per heavy atom. The standard InChI is InChI=1S/C11H10F2O.CH2O/c1-8(3-2-6-14)10-5-4-9(12)7-11(10)13;1-2/h4-7H,1-3H2;1H2. The first-order chi connectivity index (χ1) is 7.65. The fourth-order valence-electron chi connectivity index (χ4n) is 1.14. The molecule has 0 spiro atoms. The van der Waals surface area contributed by atoms with Gasteiger partial charge in [0.15, 0.2) is 0 Å². The van der Waals surface area contributed by atoms with Crippen LogP contribution in [0.1, 0.15) is 18.4 Å². The van der Waals surface area contributed by atoms with Crippen molar-refractivity contribution in [3.8, 4) is 0 Å². The molecule has 0 atom stereocenters. The number of rotatable bonds is 4. The van der Waals surface area contributed by atoms with Crippen LogP contribution in [0.3, 0.4) is 0 Å². The summed E-state index contributed by atoms with van der Waals surface area (Å²) in [4.78, 5) is 18.1. The minimum atomic E-state index is -0.638. The van der Waals surface area contributed by atoms with Gasteiger partial charge in [0.1, 0.15) is 24.7 Å². The smallest absolute Gasteiger partial charge is 0.133 e. The summed E-state index contributed by atoms with van der Waals surface area (Å²) in [7, 11) is 0. The molecule has 0 amide bonds. The Hall–Kier alpha value is -1.84. The van der Waals surface area contributed by atoms with Gasteiger partial charge >= 0.3 is 0 Å². The molecule has 2 nitrogen and oxygen atoms in total. The van der Waals surface area contributed by atoms with Crippen LogP contribution in [0.2, 0.25) is 0 Å². The lowest BCUT2D eigenvalue weighted by Crippen LogP contribution is -1.91. The van der Waals surface area contributed by atoms with E-state index in [2.05, 4.69) is 6.58 Å². The average molecular weight is 226 g/mol. The summed E-state index contributed by atoms with van der Waals surface area (Å²) in [5, 5.41) is 0. The first-order valence-corrected chi connectivity index (χ1v) is 4.51. The van der Waals surface area contributed by atoms with Crippen molar-refractivity contribution in [2.24, 2.45) is 0 Å². The fourth-order valence-corrected chi connectivity index (χ4v) is 1.14. The van der Waals surface area contributed by atoms with Crippen LogP contribution >= 0.6 is 0 Å². The zero-order valence-corrected chi connectivity index (χ0v) is 8.71. The van der Waals surface area contributed by atoms with Crippen LogP contribution in [0.25, 0.3) is 5.57 Å². The third-order valence-corrected chi connectivity index (χ3v) is 1.88. The Kier molecular flexibility index (Phi) is 6.59. The van der Waals surface area contributed by atoms with Gasteiger partial charge in [-0.2, -0.15) is 0 Å². The Morgan fingerprint density at radius 2 is 1.94 bits per heavy atom. The van der Waals surface area contributed by atoms with Gasteiger partial charge in [0, 0.05) is 18.1 Å². The Morgan fingerprint density at radius 1 is 1.31 bits per heavy atom. The maximum absolute atomic E-state index is 13.1. The summed E-state index contributed by atoms with van der Waals surface area (Å²) in [6.45, 7) is 5.63. The minimum Gasteiger partial charge on any atom is -0.307 e. The normalized spacial score (nSPS) is 8.88. The lowest BCUT2D eigenvalue weighted by molar-refractivity contribution is -0.107. The highest BCUT2D eigenvalue weighted by Gasteiger charge is 2.06. The first kappa shape index (κ1) is 14.2. The van der Waals surface area contributed by atoms with Crippen molar-refractivity contribution in [1.82, 2.24) is 0 Å². The summed E-state index contributed by atoms with van der Waals surface area (Å²) in [6, 6.07) is 3.31. The Balaban J connectivity index is 0.00000106. The SMILES string of the molecule is C=C(CCC=O)c1ccc(F)cc1F.C=O. The number of benzene rings is 1. The Labute approximate surface area is 92.6 Å². The summed E-state index contributed by atoms with van der Waals surface area (Å²) in [6.07, 6.45) is 1.44. The monoisotopic (exact) mass is 226 g/mol. The summed E-state index contributed by atoms with van der Waals surface area (Å²) in [5.74, 6) is -1.25. The lowest BCUT2D eigenvalue weighted by Gasteiger charge is -2.04. The molecule has 1 rings (SSSR count). The van der Waals surface area contributed by atoms with Crippen molar-refractivity contribution < 1.29 is 18.4 Å². The van der Waals surface area contributed by atoms with Crippen molar-refractivity contribution in [3.05, 3.63) is 42.0 Å². The highest BCUT2D eigenvalue weighted by atomic mass is 19.1. The number of carbonyl (C=O) groups is 2. The van der Waals surface area contributed by atoms with Crippen LogP contribution in [-0.4, -0.2) is 13.1 Å². The van der Waals surface area contributed by atoms with Crippen molar-refractivity contribution >= 4 is 18.6 Å². The van der Waals surface area contributed by atoms with Crippen molar-refractivity contribution in [1.29, 1.82) is 0 Å². The van der Waals surface area contributed by atoms with Gasteiger partial charge in [-0.1, -0.05) is 6.58 Å². The number of hydrogen-bond acceptors (Lipinski definition) is 2. The summed E-state index contributed by atoms with van der Waals surface area (Å²) >= 11 is 0. The van der Waals surface area contributed by atoms with Crippen molar-refractivity contribution in [2.75, 3.05) is 0 Å². The second-order valence-electron chi connectivity index (χ2n) is 2.93. The molecule has 0 fully saturated rings. The van der Waals surface area contributed by atoms with Crippen LogP contribution < -0.4 is 0 Å². The van der Waals surface area contributed by atoms with E-state index >= 15 is 0 Å². The largest absolute Gasteiger partial charge is 0.307 e. The van der Waals surface area contributed by atoms with E-state index in [0.29, 0.717) is 18.4 Å². The number of allylic oxidation sites excluding steroid dienone is 1. The van der Waals surface area contributed by atoms with Gasteiger partial charge < -0.3 is 9.59 Å². The molecule has 16 heavy (non-hydrogen) atoms. The molecule has 0 N–H and O–H groups in total. The fraction of sp³-hybridized carbons (Fsp3) is 0.167. The van der Waals surface area contributed by atoms with E-state index in [-0.39, 0.29) is 5.56 Å². The molecule has 0 saturated heterocycles. The van der Waals surface area contributed by atoms with Gasteiger partial charge in [0.05, 0.1) is 0 Å². The topological polar surface area (TPSA) is 34.1 Å². The molecule has 0 aliphatic rings. The second kappa shape index (κ2) is 7.45. The predicted octanol–water partition coefficient (Wildman–Crippen LogP) is 2.77. The van der Waals surface area contributed by atoms with E-state index in [1.807, 2.05) is 6.79 Å². The lowest BCUT2D eigenvalue weighted by atomic mass is 10.0. The quantitative estimate of drug-likeness (QED) is 0.740. The van der Waals surface area contributed by atoms with Gasteiger partial charge in [-0.05, 0) is 24.1 Å². The number of hydrogen-bond donors (Lipinski definition) is 0. The third-order valence-electron chi connectivity index (χ3n) is 1.88. The van der Waals surface area contributed by atoms with E-state index in [0.717, 1.165) is 12.4 Å². The van der Waals surface area contributed by atoms with Gasteiger partial charge in [0.2, 0.25) is 0 Å². The first-order valence-electron chi connectivity index (χ1n) is 4.51.